The zero-order chi connectivity index (χ0) is 18.5. The van der Waals surface area contributed by atoms with E-state index in [4.69, 9.17) is 4.52 Å². The maximum atomic E-state index is 12.2. The molecule has 0 aliphatic heterocycles. The van der Waals surface area contributed by atoms with Gasteiger partial charge in [-0.05, 0) is 26.0 Å². The third-order valence-corrected chi connectivity index (χ3v) is 4.29. The quantitative estimate of drug-likeness (QED) is 0.490. The Kier molecular flexibility index (Phi) is 5.42. The number of hydrogen-bond acceptors (Lipinski definition) is 8. The number of thioether (sulfide) groups is 1. The van der Waals surface area contributed by atoms with Crippen LogP contribution >= 0.6 is 11.8 Å². The molecule has 1 atom stereocenters. The van der Waals surface area contributed by atoms with E-state index in [2.05, 4.69) is 30.4 Å². The lowest BCUT2D eigenvalue weighted by Crippen LogP contribution is -2.30. The summed E-state index contributed by atoms with van der Waals surface area (Å²) in [6, 6.07) is 4.98. The van der Waals surface area contributed by atoms with Crippen molar-refractivity contribution in [3.05, 3.63) is 52.5 Å². The summed E-state index contributed by atoms with van der Waals surface area (Å²) in [5, 5.41) is 6.53. The Balaban J connectivity index is 1.56. The Morgan fingerprint density at radius 2 is 2.27 bits per heavy atom. The number of aromatic amines is 1. The van der Waals surface area contributed by atoms with E-state index in [0.29, 0.717) is 16.7 Å². The summed E-state index contributed by atoms with van der Waals surface area (Å²) in [5.74, 6) is 0.461. The van der Waals surface area contributed by atoms with Gasteiger partial charge in [0.25, 0.3) is 5.56 Å². The third-order valence-electron chi connectivity index (χ3n) is 3.31. The minimum Gasteiger partial charge on any atom is -0.346 e. The molecule has 0 aliphatic rings. The average molecular weight is 372 g/mol. The fourth-order valence-corrected chi connectivity index (χ4v) is 2.96. The molecule has 0 radical (unpaired) electrons. The number of nitrogens with zero attached hydrogens (tertiary/aromatic N) is 4. The molecule has 2 N–H and O–H groups in total. The van der Waals surface area contributed by atoms with Crippen molar-refractivity contribution in [2.75, 3.05) is 0 Å². The molecule has 0 unspecified atom stereocenters. The van der Waals surface area contributed by atoms with Crippen LogP contribution in [0.25, 0.3) is 11.4 Å². The molecule has 0 aromatic carbocycles. The molecule has 9 nitrogen and oxygen atoms in total. The Labute approximate surface area is 152 Å². The van der Waals surface area contributed by atoms with Crippen molar-refractivity contribution in [3.8, 4) is 11.4 Å². The highest BCUT2D eigenvalue weighted by Gasteiger charge is 2.17. The summed E-state index contributed by atoms with van der Waals surface area (Å²) in [7, 11) is 0. The van der Waals surface area contributed by atoms with Crippen LogP contribution in [0.4, 0.5) is 0 Å². The Morgan fingerprint density at radius 1 is 1.42 bits per heavy atom. The van der Waals surface area contributed by atoms with Crippen LogP contribution < -0.4 is 10.9 Å². The van der Waals surface area contributed by atoms with Gasteiger partial charge in [-0.25, -0.2) is 4.98 Å². The highest BCUT2D eigenvalue weighted by atomic mass is 32.2. The lowest BCUT2D eigenvalue weighted by molar-refractivity contribution is -0.120. The van der Waals surface area contributed by atoms with Crippen molar-refractivity contribution in [3.63, 3.8) is 0 Å². The van der Waals surface area contributed by atoms with Gasteiger partial charge in [0.2, 0.25) is 17.6 Å². The van der Waals surface area contributed by atoms with Crippen molar-refractivity contribution < 1.29 is 9.32 Å². The summed E-state index contributed by atoms with van der Waals surface area (Å²) < 4.78 is 5.13. The van der Waals surface area contributed by atoms with Gasteiger partial charge in [-0.3, -0.25) is 14.6 Å². The van der Waals surface area contributed by atoms with Gasteiger partial charge in [0.05, 0.1) is 11.8 Å². The van der Waals surface area contributed by atoms with Crippen molar-refractivity contribution in [1.29, 1.82) is 0 Å². The summed E-state index contributed by atoms with van der Waals surface area (Å²) in [6.45, 7) is 3.55. The molecule has 26 heavy (non-hydrogen) atoms. The summed E-state index contributed by atoms with van der Waals surface area (Å²) in [6.07, 6.45) is 3.28. The van der Waals surface area contributed by atoms with Crippen molar-refractivity contribution >= 4 is 17.7 Å². The molecule has 0 saturated carbocycles. The number of amides is 1. The van der Waals surface area contributed by atoms with E-state index in [1.807, 2.05) is 6.07 Å². The molecule has 134 valence electrons. The van der Waals surface area contributed by atoms with Gasteiger partial charge in [0.15, 0.2) is 5.16 Å². The monoisotopic (exact) mass is 372 g/mol. The fourth-order valence-electron chi connectivity index (χ4n) is 2.07. The van der Waals surface area contributed by atoms with Crippen LogP contribution in [-0.4, -0.2) is 36.2 Å². The first kappa shape index (κ1) is 17.8. The predicted molar refractivity (Wildman–Crippen MR) is 94.3 cm³/mol. The molecule has 1 amide bonds. The van der Waals surface area contributed by atoms with Gasteiger partial charge in [-0.1, -0.05) is 16.9 Å². The number of aryl methyl sites for hydroxylation is 1. The zero-order valence-electron chi connectivity index (χ0n) is 14.1. The van der Waals surface area contributed by atoms with E-state index in [1.54, 1.807) is 32.3 Å². The highest BCUT2D eigenvalue weighted by Crippen LogP contribution is 2.18. The largest absolute Gasteiger partial charge is 0.346 e. The lowest BCUT2D eigenvalue weighted by atomic mass is 10.3. The van der Waals surface area contributed by atoms with Gasteiger partial charge in [0, 0.05) is 29.7 Å². The van der Waals surface area contributed by atoms with Gasteiger partial charge in [-0.15, -0.1) is 0 Å². The molecule has 3 aromatic heterocycles. The molecule has 10 heteroatoms. The van der Waals surface area contributed by atoms with Crippen molar-refractivity contribution in [1.82, 2.24) is 30.4 Å². The molecule has 0 aliphatic carbocycles. The van der Waals surface area contributed by atoms with E-state index in [1.165, 1.54) is 6.07 Å². The first-order chi connectivity index (χ1) is 12.5. The Hall–Kier alpha value is -3.01. The topological polar surface area (TPSA) is 127 Å². The summed E-state index contributed by atoms with van der Waals surface area (Å²) in [5.41, 5.74) is 1.08. The van der Waals surface area contributed by atoms with Crippen LogP contribution in [0.3, 0.4) is 0 Å². The number of nitrogens with one attached hydrogen (secondary N) is 2. The van der Waals surface area contributed by atoms with Gasteiger partial charge in [-0.2, -0.15) is 4.98 Å². The number of H-pyrrole nitrogens is 1. The van der Waals surface area contributed by atoms with Crippen molar-refractivity contribution in [2.24, 2.45) is 0 Å². The average Bonchev–Trinajstić information content (AvgIpc) is 3.08. The molecule has 0 spiro atoms. The summed E-state index contributed by atoms with van der Waals surface area (Å²) in [4.78, 5) is 38.7. The smallest absolute Gasteiger partial charge is 0.251 e. The molecular formula is C16H16N6O3S. The molecule has 0 saturated heterocycles. The maximum absolute atomic E-state index is 12.2. The summed E-state index contributed by atoms with van der Waals surface area (Å²) >= 11 is 1.16. The van der Waals surface area contributed by atoms with E-state index in [0.717, 1.165) is 17.3 Å². The zero-order valence-corrected chi connectivity index (χ0v) is 14.9. The van der Waals surface area contributed by atoms with E-state index < -0.39 is 5.25 Å². The third kappa shape index (κ3) is 4.54. The standard InChI is InChI=1S/C16H16N6O3S/c1-9-6-12(23)20-16(19-9)26-10(2)15(24)18-8-13-21-14(22-25-13)11-4-3-5-17-7-11/h3-7,10H,8H2,1-2H3,(H,18,24)(H,19,20,23)/t10-/m1/s1. The SMILES string of the molecule is Cc1cc(=O)[nH]c(S[C@H](C)C(=O)NCc2nc(-c3cccnc3)no2)n1. The fraction of sp³-hybridized carbons (Fsp3) is 0.250. The molecule has 3 heterocycles. The Morgan fingerprint density at radius 3 is 3.00 bits per heavy atom. The van der Waals surface area contributed by atoms with Crippen LogP contribution in [0.15, 0.2) is 45.1 Å². The minimum atomic E-state index is -0.458. The van der Waals surface area contributed by atoms with Crippen LogP contribution in [-0.2, 0) is 11.3 Å². The predicted octanol–water partition coefficient (Wildman–Crippen LogP) is 1.32. The molecular weight excluding hydrogens is 356 g/mol. The molecule has 3 aromatic rings. The second kappa shape index (κ2) is 7.91. The number of aromatic nitrogens is 5. The van der Waals surface area contributed by atoms with Crippen LogP contribution in [0.5, 0.6) is 0 Å². The second-order valence-electron chi connectivity index (χ2n) is 5.42. The van der Waals surface area contributed by atoms with Crippen molar-refractivity contribution in [2.45, 2.75) is 30.8 Å². The van der Waals surface area contributed by atoms with Gasteiger partial charge in [0.1, 0.15) is 0 Å². The van der Waals surface area contributed by atoms with E-state index in [9.17, 15) is 9.59 Å². The highest BCUT2D eigenvalue weighted by molar-refractivity contribution is 8.00. The lowest BCUT2D eigenvalue weighted by Gasteiger charge is -2.10. The number of carbonyl (C=O) groups is 1. The number of hydrogen-bond donors (Lipinski definition) is 2. The first-order valence-electron chi connectivity index (χ1n) is 7.76. The maximum Gasteiger partial charge on any atom is 0.251 e. The van der Waals surface area contributed by atoms with Gasteiger partial charge >= 0.3 is 0 Å². The van der Waals surface area contributed by atoms with Gasteiger partial charge < -0.3 is 14.8 Å². The first-order valence-corrected chi connectivity index (χ1v) is 8.64. The van der Waals surface area contributed by atoms with Crippen LogP contribution in [0, 0.1) is 6.92 Å². The molecule has 3 rings (SSSR count). The molecule has 0 bridgehead atoms. The Bertz CT molecular complexity index is 956. The van der Waals surface area contributed by atoms with Crippen LogP contribution in [0.2, 0.25) is 0 Å². The minimum absolute atomic E-state index is 0.106. The number of pyridine rings is 1. The molecule has 0 fully saturated rings. The van der Waals surface area contributed by atoms with E-state index >= 15 is 0 Å². The normalized spacial score (nSPS) is 11.9. The number of carbonyl (C=O) groups excluding carboxylic acids is 1. The van der Waals surface area contributed by atoms with Crippen LogP contribution in [0.1, 0.15) is 18.5 Å². The number of rotatable bonds is 6. The second-order valence-corrected chi connectivity index (χ2v) is 6.75. The van der Waals surface area contributed by atoms with E-state index in [-0.39, 0.29) is 23.9 Å².